The van der Waals surface area contributed by atoms with E-state index >= 15 is 0 Å². The van der Waals surface area contributed by atoms with E-state index in [0.29, 0.717) is 6.42 Å². The number of nitrogens with zero attached hydrogens (tertiary/aromatic N) is 1. The molecule has 1 aliphatic rings. The SMILES string of the molecule is CC(C)(C)OC(=O)N[C@@H](Cc1ccc(NS(=O)(=O)O)cc1)C1=NC(C(C)(C)C)CS1. The van der Waals surface area contributed by atoms with Crippen LogP contribution in [0.2, 0.25) is 0 Å². The Kier molecular flexibility index (Phi) is 7.47. The van der Waals surface area contributed by atoms with Gasteiger partial charge in [-0.25, -0.2) is 4.79 Å². The van der Waals surface area contributed by atoms with E-state index < -0.39 is 22.0 Å². The molecular weight excluding hydrogens is 426 g/mol. The molecule has 168 valence electrons. The lowest BCUT2D eigenvalue weighted by Crippen LogP contribution is -2.43. The van der Waals surface area contributed by atoms with Gasteiger partial charge in [0.15, 0.2) is 0 Å². The van der Waals surface area contributed by atoms with Gasteiger partial charge in [0.1, 0.15) is 5.60 Å². The lowest BCUT2D eigenvalue weighted by molar-refractivity contribution is 0.0518. The molecule has 0 saturated carbocycles. The maximum absolute atomic E-state index is 12.4. The van der Waals surface area contributed by atoms with E-state index in [-0.39, 0.29) is 23.2 Å². The van der Waals surface area contributed by atoms with E-state index in [1.54, 1.807) is 56.8 Å². The number of anilines is 1. The van der Waals surface area contributed by atoms with E-state index in [0.717, 1.165) is 16.4 Å². The summed E-state index contributed by atoms with van der Waals surface area (Å²) in [6, 6.07) is 6.36. The fourth-order valence-corrected chi connectivity index (χ4v) is 4.65. The van der Waals surface area contributed by atoms with Crippen LogP contribution >= 0.6 is 11.8 Å². The highest BCUT2D eigenvalue weighted by Gasteiger charge is 2.33. The number of hydrogen-bond acceptors (Lipinski definition) is 6. The number of rotatable bonds is 6. The van der Waals surface area contributed by atoms with Gasteiger partial charge in [-0.2, -0.15) is 8.42 Å². The maximum Gasteiger partial charge on any atom is 0.408 e. The summed E-state index contributed by atoms with van der Waals surface area (Å²) >= 11 is 1.63. The number of alkyl carbamates (subject to hydrolysis) is 1. The first-order chi connectivity index (χ1) is 13.6. The smallest absolute Gasteiger partial charge is 0.408 e. The van der Waals surface area contributed by atoms with Gasteiger partial charge < -0.3 is 10.1 Å². The number of thioether (sulfide) groups is 1. The standard InChI is InChI=1S/C20H31N3O5S2/c1-19(2,3)16-12-29-17(22-16)15(21-18(24)28-20(4,5)6)11-13-7-9-14(10-8-13)23-30(25,26)27/h7-10,15-16,23H,11-12H2,1-6H3,(H,21,24)(H,25,26,27)/t15-,16?/m0/s1. The molecule has 1 aromatic rings. The molecule has 0 aliphatic carbocycles. The van der Waals surface area contributed by atoms with Gasteiger partial charge in [0.25, 0.3) is 0 Å². The average Bonchev–Trinajstić information content (AvgIpc) is 3.03. The molecule has 0 aromatic heterocycles. The van der Waals surface area contributed by atoms with Crippen molar-refractivity contribution in [3.05, 3.63) is 29.8 Å². The first-order valence-electron chi connectivity index (χ1n) is 9.66. The van der Waals surface area contributed by atoms with Gasteiger partial charge in [0.05, 0.1) is 22.8 Å². The normalized spacial score (nSPS) is 18.5. The van der Waals surface area contributed by atoms with Crippen molar-refractivity contribution in [3.63, 3.8) is 0 Å². The zero-order valence-electron chi connectivity index (χ0n) is 18.2. The van der Waals surface area contributed by atoms with Crippen molar-refractivity contribution in [2.75, 3.05) is 10.5 Å². The molecule has 2 rings (SSSR count). The highest BCUT2D eigenvalue weighted by atomic mass is 32.2. The predicted molar refractivity (Wildman–Crippen MR) is 122 cm³/mol. The third-order valence-corrected chi connectivity index (χ3v) is 5.96. The van der Waals surface area contributed by atoms with Crippen LogP contribution < -0.4 is 10.0 Å². The summed E-state index contributed by atoms with van der Waals surface area (Å²) in [6.07, 6.45) is -0.0478. The molecule has 1 aliphatic heterocycles. The third kappa shape index (κ3) is 8.16. The molecule has 8 nitrogen and oxygen atoms in total. The van der Waals surface area contributed by atoms with Crippen molar-refractivity contribution in [1.29, 1.82) is 0 Å². The molecule has 0 fully saturated rings. The summed E-state index contributed by atoms with van der Waals surface area (Å²) in [7, 11) is -4.33. The summed E-state index contributed by atoms with van der Waals surface area (Å²) in [5.74, 6) is 0.850. The van der Waals surface area contributed by atoms with E-state index in [4.69, 9.17) is 14.3 Å². The number of carbonyl (C=O) groups is 1. The molecule has 3 N–H and O–H groups in total. The van der Waals surface area contributed by atoms with Gasteiger partial charge >= 0.3 is 16.4 Å². The second-order valence-corrected chi connectivity index (χ2v) is 11.5. The van der Waals surface area contributed by atoms with Gasteiger partial charge in [-0.05, 0) is 50.3 Å². The summed E-state index contributed by atoms with van der Waals surface area (Å²) in [5.41, 5.74) is 0.530. The highest BCUT2D eigenvalue weighted by Crippen LogP contribution is 2.33. The van der Waals surface area contributed by atoms with E-state index in [1.807, 2.05) is 4.72 Å². The molecule has 0 radical (unpaired) electrons. The van der Waals surface area contributed by atoms with Gasteiger partial charge in [0, 0.05) is 5.75 Å². The maximum atomic E-state index is 12.4. The largest absolute Gasteiger partial charge is 0.444 e. The fourth-order valence-electron chi connectivity index (χ4n) is 2.77. The third-order valence-electron chi connectivity index (χ3n) is 4.30. The predicted octanol–water partition coefficient (Wildman–Crippen LogP) is 3.90. The van der Waals surface area contributed by atoms with Crippen LogP contribution in [0.1, 0.15) is 47.1 Å². The lowest BCUT2D eigenvalue weighted by atomic mass is 9.88. The van der Waals surface area contributed by atoms with E-state index in [9.17, 15) is 13.2 Å². The van der Waals surface area contributed by atoms with Crippen LogP contribution in [-0.2, 0) is 21.5 Å². The number of aliphatic imine (C=N–C) groups is 1. The minimum absolute atomic E-state index is 0.0221. The quantitative estimate of drug-likeness (QED) is 0.558. The minimum atomic E-state index is -4.33. The van der Waals surface area contributed by atoms with Crippen LogP contribution in [0.5, 0.6) is 0 Å². The van der Waals surface area contributed by atoms with Gasteiger partial charge in [0.2, 0.25) is 0 Å². The molecule has 2 atom stereocenters. The van der Waals surface area contributed by atoms with Crippen molar-refractivity contribution in [3.8, 4) is 0 Å². The Hall–Kier alpha value is -1.78. The number of carbonyl (C=O) groups excluding carboxylic acids is 1. The molecule has 1 amide bonds. The number of amides is 1. The minimum Gasteiger partial charge on any atom is -0.444 e. The highest BCUT2D eigenvalue weighted by molar-refractivity contribution is 8.14. The number of hydrogen-bond donors (Lipinski definition) is 3. The van der Waals surface area contributed by atoms with Crippen LogP contribution in [0.25, 0.3) is 0 Å². The van der Waals surface area contributed by atoms with Crippen molar-refractivity contribution in [1.82, 2.24) is 5.32 Å². The molecule has 1 heterocycles. The van der Waals surface area contributed by atoms with Gasteiger partial charge in [-0.3, -0.25) is 14.3 Å². The van der Waals surface area contributed by atoms with Crippen LogP contribution in [0.4, 0.5) is 10.5 Å². The Morgan fingerprint density at radius 3 is 2.30 bits per heavy atom. The molecule has 30 heavy (non-hydrogen) atoms. The first-order valence-corrected chi connectivity index (χ1v) is 12.1. The van der Waals surface area contributed by atoms with Gasteiger partial charge in [-0.1, -0.05) is 32.9 Å². The number of nitrogens with one attached hydrogen (secondary N) is 2. The monoisotopic (exact) mass is 457 g/mol. The Morgan fingerprint density at radius 1 is 1.23 bits per heavy atom. The summed E-state index contributed by atoms with van der Waals surface area (Å²) in [4.78, 5) is 17.3. The molecule has 0 saturated heterocycles. The summed E-state index contributed by atoms with van der Waals surface area (Å²) in [5, 5.41) is 3.77. The van der Waals surface area contributed by atoms with E-state index in [2.05, 4.69) is 26.1 Å². The Bertz CT molecular complexity index is 885. The number of benzene rings is 1. The second-order valence-electron chi connectivity index (χ2n) is 9.34. The summed E-state index contributed by atoms with van der Waals surface area (Å²) in [6.45, 7) is 11.8. The molecule has 1 unspecified atom stereocenters. The van der Waals surface area contributed by atoms with Crippen LogP contribution in [0, 0.1) is 5.41 Å². The van der Waals surface area contributed by atoms with Crippen LogP contribution in [0.3, 0.4) is 0 Å². The van der Waals surface area contributed by atoms with Crippen LogP contribution in [-0.4, -0.2) is 47.5 Å². The fraction of sp³-hybridized carbons (Fsp3) is 0.600. The van der Waals surface area contributed by atoms with Crippen LogP contribution in [0.15, 0.2) is 29.3 Å². The van der Waals surface area contributed by atoms with E-state index in [1.165, 1.54) is 0 Å². The topological polar surface area (TPSA) is 117 Å². The average molecular weight is 458 g/mol. The second kappa shape index (κ2) is 9.15. The van der Waals surface area contributed by atoms with Crippen molar-refractivity contribution in [2.45, 2.75) is 65.6 Å². The summed E-state index contributed by atoms with van der Waals surface area (Å²) < 4.78 is 38.2. The van der Waals surface area contributed by atoms with Crippen molar-refractivity contribution in [2.24, 2.45) is 10.4 Å². The van der Waals surface area contributed by atoms with Crippen molar-refractivity contribution >= 4 is 38.9 Å². The Morgan fingerprint density at radius 2 is 1.83 bits per heavy atom. The molecule has 1 aromatic carbocycles. The number of ether oxygens (including phenoxy) is 1. The molecular formula is C20H31N3O5S2. The zero-order chi connectivity index (χ0) is 22.7. The Labute approximate surface area is 183 Å². The molecule has 10 heteroatoms. The lowest BCUT2D eigenvalue weighted by Gasteiger charge is -2.24. The van der Waals surface area contributed by atoms with Crippen molar-refractivity contribution < 1.29 is 22.5 Å². The molecule has 0 spiro atoms. The molecule has 0 bridgehead atoms. The van der Waals surface area contributed by atoms with Gasteiger partial charge in [-0.15, -0.1) is 11.8 Å². The Balaban J connectivity index is 2.20. The zero-order valence-corrected chi connectivity index (χ0v) is 19.9. The first kappa shape index (κ1) is 24.5.